The quantitative estimate of drug-likeness (QED) is 0.448. The highest BCUT2D eigenvalue weighted by Crippen LogP contribution is 2.28. The van der Waals surface area contributed by atoms with Crippen LogP contribution < -0.4 is 4.74 Å². The van der Waals surface area contributed by atoms with Crippen LogP contribution in [0.4, 0.5) is 4.39 Å². The molecule has 0 amide bonds. The molecular weight excluding hydrogens is 383 g/mol. The maximum atomic E-state index is 14.2. The Balaban J connectivity index is 1.46. The Kier molecular flexibility index (Phi) is 5.63. The second kappa shape index (κ2) is 8.51. The standard InChI is InChI=1S/C23H23FN4O2/c1-16-22(26-23(30-16)20-13-19(29-3)9-10-21(20)24)15-27(2)14-17-5-7-18(8-6-17)28-12-4-11-25-28/h4-13H,14-15H2,1-3H3. The van der Waals surface area contributed by atoms with E-state index in [2.05, 4.69) is 27.1 Å². The van der Waals surface area contributed by atoms with Gasteiger partial charge in [-0.2, -0.15) is 5.10 Å². The maximum Gasteiger partial charge on any atom is 0.229 e. The molecule has 0 N–H and O–H groups in total. The van der Waals surface area contributed by atoms with Crippen LogP contribution in [0, 0.1) is 12.7 Å². The first-order valence-electron chi connectivity index (χ1n) is 9.61. The highest BCUT2D eigenvalue weighted by atomic mass is 19.1. The van der Waals surface area contributed by atoms with E-state index in [1.54, 1.807) is 25.4 Å². The summed E-state index contributed by atoms with van der Waals surface area (Å²) in [6.07, 6.45) is 3.67. The summed E-state index contributed by atoms with van der Waals surface area (Å²) in [6, 6.07) is 14.7. The minimum absolute atomic E-state index is 0.260. The van der Waals surface area contributed by atoms with Crippen LogP contribution >= 0.6 is 0 Å². The molecule has 0 aliphatic heterocycles. The molecule has 0 atom stereocenters. The molecule has 0 bridgehead atoms. The maximum absolute atomic E-state index is 14.2. The Hall–Kier alpha value is -3.45. The fourth-order valence-corrected chi connectivity index (χ4v) is 3.28. The van der Waals surface area contributed by atoms with E-state index >= 15 is 0 Å². The van der Waals surface area contributed by atoms with Crippen molar-refractivity contribution in [2.24, 2.45) is 0 Å². The van der Waals surface area contributed by atoms with Crippen LogP contribution in [0.15, 0.2) is 65.3 Å². The SMILES string of the molecule is COc1ccc(F)c(-c2nc(CN(C)Cc3ccc(-n4cccn4)cc3)c(C)o2)c1. The van der Waals surface area contributed by atoms with Crippen LogP contribution in [0.25, 0.3) is 17.1 Å². The molecule has 2 aromatic heterocycles. The summed E-state index contributed by atoms with van der Waals surface area (Å²) in [7, 11) is 3.56. The van der Waals surface area contributed by atoms with Crippen molar-refractivity contribution in [3.63, 3.8) is 0 Å². The first-order chi connectivity index (χ1) is 14.5. The zero-order chi connectivity index (χ0) is 21.1. The van der Waals surface area contributed by atoms with Crippen LogP contribution in [0.2, 0.25) is 0 Å². The van der Waals surface area contributed by atoms with Crippen molar-refractivity contribution in [1.29, 1.82) is 0 Å². The lowest BCUT2D eigenvalue weighted by Gasteiger charge is -2.15. The third-order valence-electron chi connectivity index (χ3n) is 4.87. The van der Waals surface area contributed by atoms with E-state index in [4.69, 9.17) is 9.15 Å². The molecule has 4 aromatic rings. The third-order valence-corrected chi connectivity index (χ3v) is 4.87. The summed E-state index contributed by atoms with van der Waals surface area (Å²) in [4.78, 5) is 6.67. The number of hydrogen-bond donors (Lipinski definition) is 0. The van der Waals surface area contributed by atoms with Crippen molar-refractivity contribution in [2.45, 2.75) is 20.0 Å². The van der Waals surface area contributed by atoms with Gasteiger partial charge in [0.1, 0.15) is 17.3 Å². The molecular formula is C23H23FN4O2. The van der Waals surface area contributed by atoms with Gasteiger partial charge >= 0.3 is 0 Å². The predicted octanol–water partition coefficient (Wildman–Crippen LogP) is 4.62. The minimum Gasteiger partial charge on any atom is -0.497 e. The number of oxazole rings is 1. The summed E-state index contributed by atoms with van der Waals surface area (Å²) in [5, 5.41) is 4.24. The molecule has 2 aromatic carbocycles. The summed E-state index contributed by atoms with van der Waals surface area (Å²) in [5.74, 6) is 1.10. The second-order valence-corrected chi connectivity index (χ2v) is 7.16. The average Bonchev–Trinajstić information content (AvgIpc) is 3.39. The average molecular weight is 406 g/mol. The first-order valence-corrected chi connectivity index (χ1v) is 9.61. The zero-order valence-corrected chi connectivity index (χ0v) is 17.2. The van der Waals surface area contributed by atoms with Crippen molar-refractivity contribution >= 4 is 0 Å². The van der Waals surface area contributed by atoms with E-state index in [-0.39, 0.29) is 5.89 Å². The fourth-order valence-electron chi connectivity index (χ4n) is 3.28. The van der Waals surface area contributed by atoms with Gasteiger partial charge < -0.3 is 9.15 Å². The molecule has 0 unspecified atom stereocenters. The molecule has 0 fully saturated rings. The monoisotopic (exact) mass is 406 g/mol. The number of aryl methyl sites for hydroxylation is 1. The van der Waals surface area contributed by atoms with Gasteiger partial charge in [0.25, 0.3) is 0 Å². The molecule has 0 radical (unpaired) electrons. The van der Waals surface area contributed by atoms with Crippen LogP contribution in [-0.4, -0.2) is 33.8 Å². The molecule has 7 heteroatoms. The van der Waals surface area contributed by atoms with Crippen molar-refractivity contribution < 1.29 is 13.5 Å². The van der Waals surface area contributed by atoms with Crippen LogP contribution in [0.5, 0.6) is 5.75 Å². The molecule has 0 aliphatic rings. The predicted molar refractivity (Wildman–Crippen MR) is 112 cm³/mol. The van der Waals surface area contributed by atoms with Gasteiger partial charge in [-0.3, -0.25) is 4.90 Å². The molecule has 0 spiro atoms. The number of aromatic nitrogens is 3. The van der Waals surface area contributed by atoms with Crippen molar-refractivity contribution in [3.8, 4) is 22.9 Å². The van der Waals surface area contributed by atoms with Gasteiger partial charge in [-0.05, 0) is 55.9 Å². The van der Waals surface area contributed by atoms with E-state index in [0.717, 1.165) is 17.9 Å². The van der Waals surface area contributed by atoms with Crippen LogP contribution in [0.1, 0.15) is 17.0 Å². The van der Waals surface area contributed by atoms with Gasteiger partial charge in [-0.25, -0.2) is 14.1 Å². The van der Waals surface area contributed by atoms with Gasteiger partial charge in [-0.1, -0.05) is 12.1 Å². The van der Waals surface area contributed by atoms with Crippen LogP contribution in [0.3, 0.4) is 0 Å². The van der Waals surface area contributed by atoms with E-state index in [1.807, 2.05) is 43.0 Å². The number of methoxy groups -OCH3 is 1. The summed E-state index contributed by atoms with van der Waals surface area (Å²) in [5.41, 5.74) is 3.26. The lowest BCUT2D eigenvalue weighted by atomic mass is 10.2. The number of hydrogen-bond acceptors (Lipinski definition) is 5. The normalized spacial score (nSPS) is 11.2. The Morgan fingerprint density at radius 1 is 1.13 bits per heavy atom. The molecule has 2 heterocycles. The van der Waals surface area contributed by atoms with Gasteiger partial charge in [0.15, 0.2) is 0 Å². The zero-order valence-electron chi connectivity index (χ0n) is 17.2. The Bertz CT molecular complexity index is 1120. The van der Waals surface area contributed by atoms with E-state index < -0.39 is 5.82 Å². The number of benzene rings is 2. The van der Waals surface area contributed by atoms with Crippen molar-refractivity contribution in [2.75, 3.05) is 14.2 Å². The van der Waals surface area contributed by atoms with E-state index in [9.17, 15) is 4.39 Å². The second-order valence-electron chi connectivity index (χ2n) is 7.16. The highest BCUT2D eigenvalue weighted by Gasteiger charge is 2.17. The topological polar surface area (TPSA) is 56.3 Å². The number of rotatable bonds is 7. The largest absolute Gasteiger partial charge is 0.497 e. The molecule has 0 aliphatic carbocycles. The Morgan fingerprint density at radius 3 is 2.63 bits per heavy atom. The lowest BCUT2D eigenvalue weighted by Crippen LogP contribution is -2.18. The minimum atomic E-state index is -0.394. The molecule has 154 valence electrons. The van der Waals surface area contributed by atoms with E-state index in [1.165, 1.54) is 11.6 Å². The molecule has 6 nitrogen and oxygen atoms in total. The highest BCUT2D eigenvalue weighted by molar-refractivity contribution is 5.57. The number of halogens is 1. The third kappa shape index (κ3) is 4.26. The summed E-state index contributed by atoms with van der Waals surface area (Å²) < 4.78 is 27.0. The Labute approximate surface area is 174 Å². The molecule has 4 rings (SSSR count). The van der Waals surface area contributed by atoms with Gasteiger partial charge in [0, 0.05) is 25.5 Å². The van der Waals surface area contributed by atoms with Gasteiger partial charge in [0.05, 0.1) is 24.1 Å². The lowest BCUT2D eigenvalue weighted by molar-refractivity contribution is 0.313. The molecule has 0 saturated carbocycles. The van der Waals surface area contributed by atoms with Crippen molar-refractivity contribution in [1.82, 2.24) is 19.7 Å². The smallest absolute Gasteiger partial charge is 0.229 e. The molecule has 30 heavy (non-hydrogen) atoms. The van der Waals surface area contributed by atoms with Gasteiger partial charge in [-0.15, -0.1) is 0 Å². The Morgan fingerprint density at radius 2 is 1.93 bits per heavy atom. The summed E-state index contributed by atoms with van der Waals surface area (Å²) in [6.45, 7) is 3.17. The first kappa shape index (κ1) is 19.8. The van der Waals surface area contributed by atoms with Crippen molar-refractivity contribution in [3.05, 3.63) is 83.8 Å². The van der Waals surface area contributed by atoms with Gasteiger partial charge in [0.2, 0.25) is 5.89 Å². The number of nitrogens with zero attached hydrogens (tertiary/aromatic N) is 4. The summed E-state index contributed by atoms with van der Waals surface area (Å²) >= 11 is 0. The van der Waals surface area contributed by atoms with E-state index in [0.29, 0.717) is 23.6 Å². The fraction of sp³-hybridized carbons (Fsp3) is 0.217. The number of ether oxygens (including phenoxy) is 1. The molecule has 0 saturated heterocycles. The van der Waals surface area contributed by atoms with Crippen LogP contribution in [-0.2, 0) is 13.1 Å².